The molecule has 1 aliphatic rings. The first-order valence-electron chi connectivity index (χ1n) is 11.1. The fraction of sp³-hybridized carbons (Fsp3) is 0.308. The van der Waals surface area contributed by atoms with Gasteiger partial charge in [0.05, 0.1) is 11.6 Å². The number of nitrogens with two attached hydrogens (primary N) is 1. The van der Waals surface area contributed by atoms with Gasteiger partial charge in [-0.3, -0.25) is 4.79 Å². The number of hydrogen-bond donors (Lipinski definition) is 3. The quantitative estimate of drug-likeness (QED) is 0.444. The van der Waals surface area contributed by atoms with Crippen LogP contribution in [0.5, 0.6) is 0 Å². The zero-order valence-corrected chi connectivity index (χ0v) is 19.0. The maximum Gasteiger partial charge on any atom is 0.256 e. The van der Waals surface area contributed by atoms with Crippen molar-refractivity contribution in [3.63, 3.8) is 0 Å². The molecule has 0 aliphatic carbocycles. The molecule has 1 fully saturated rings. The number of rotatable bonds is 4. The van der Waals surface area contributed by atoms with E-state index in [0.29, 0.717) is 11.1 Å². The van der Waals surface area contributed by atoms with Crippen molar-refractivity contribution in [2.24, 2.45) is 5.73 Å². The van der Waals surface area contributed by atoms with Gasteiger partial charge in [-0.25, -0.2) is 0 Å². The molecule has 0 spiro atoms. The summed E-state index contributed by atoms with van der Waals surface area (Å²) in [6, 6.07) is 16.1. The number of aromatic nitrogens is 1. The number of fused-ring (bicyclic) bond motifs is 1. The highest BCUT2D eigenvalue weighted by Crippen LogP contribution is 2.34. The molecular weight excluding hydrogens is 384 g/mol. The van der Waals surface area contributed by atoms with Crippen molar-refractivity contribution in [3.8, 4) is 0 Å². The molecule has 3 aromatic rings. The molecule has 1 aromatic heterocycles. The first kappa shape index (κ1) is 23.9. The first-order valence-corrected chi connectivity index (χ1v) is 11.1. The Bertz CT molecular complexity index is 1020. The highest BCUT2D eigenvalue weighted by Gasteiger charge is 2.31. The van der Waals surface area contributed by atoms with Gasteiger partial charge in [0.25, 0.3) is 5.91 Å². The summed E-state index contributed by atoms with van der Waals surface area (Å²) >= 11 is 0. The number of benzene rings is 2. The normalized spacial score (nSPS) is 15.5. The molecule has 4 N–H and O–H groups in total. The number of allylic oxidation sites excluding steroid dienone is 1. The Hall–Kier alpha value is -3.34. The van der Waals surface area contributed by atoms with Crippen LogP contribution in [-0.2, 0) is 0 Å². The Morgan fingerprint density at radius 2 is 1.84 bits per heavy atom. The third kappa shape index (κ3) is 5.05. The Morgan fingerprint density at radius 1 is 1.13 bits per heavy atom. The second-order valence-electron chi connectivity index (χ2n) is 6.80. The number of nitrogens with zero attached hydrogens (tertiary/aromatic N) is 1. The van der Waals surface area contributed by atoms with E-state index in [2.05, 4.69) is 17.1 Å². The molecule has 164 valence electrons. The summed E-state index contributed by atoms with van der Waals surface area (Å²) in [4.78, 5) is 18.5. The average molecular weight is 419 g/mol. The Balaban J connectivity index is 0.000000807. The van der Waals surface area contributed by atoms with Gasteiger partial charge in [-0.1, -0.05) is 70.2 Å². The first-order chi connectivity index (χ1) is 15.2. The van der Waals surface area contributed by atoms with Crippen molar-refractivity contribution >= 4 is 28.6 Å². The van der Waals surface area contributed by atoms with Crippen molar-refractivity contribution in [2.45, 2.75) is 46.6 Å². The minimum atomic E-state index is 0.0574. The molecule has 31 heavy (non-hydrogen) atoms. The number of likely N-dealkylation sites (tertiary alicyclic amines) is 1. The molecule has 1 unspecified atom stereocenters. The zero-order chi connectivity index (χ0) is 22.8. The summed E-state index contributed by atoms with van der Waals surface area (Å²) in [5.41, 5.74) is 9.82. The van der Waals surface area contributed by atoms with Crippen LogP contribution < -0.4 is 5.73 Å². The fourth-order valence-electron chi connectivity index (χ4n) is 3.90. The van der Waals surface area contributed by atoms with Crippen LogP contribution in [0.15, 0.2) is 60.9 Å². The van der Waals surface area contributed by atoms with Crippen LogP contribution >= 0.6 is 0 Å². The van der Waals surface area contributed by atoms with Gasteiger partial charge in [0.15, 0.2) is 0 Å². The van der Waals surface area contributed by atoms with Crippen LogP contribution in [0.1, 0.15) is 68.1 Å². The number of aromatic amines is 1. The van der Waals surface area contributed by atoms with Gasteiger partial charge in [0, 0.05) is 41.6 Å². The van der Waals surface area contributed by atoms with Crippen LogP contribution in [-0.4, -0.2) is 28.6 Å². The van der Waals surface area contributed by atoms with E-state index in [0.717, 1.165) is 35.9 Å². The molecule has 5 nitrogen and oxygen atoms in total. The van der Waals surface area contributed by atoms with Gasteiger partial charge in [-0.2, -0.15) is 0 Å². The molecule has 1 atom stereocenters. The van der Waals surface area contributed by atoms with E-state index in [1.165, 1.54) is 18.0 Å². The van der Waals surface area contributed by atoms with Crippen LogP contribution in [0, 0.1) is 5.41 Å². The highest BCUT2D eigenvalue weighted by atomic mass is 16.2. The Labute approximate surface area is 185 Å². The van der Waals surface area contributed by atoms with E-state index in [-0.39, 0.29) is 11.9 Å². The average Bonchev–Trinajstić information content (AvgIpc) is 3.50. The Kier molecular flexibility index (Phi) is 9.07. The highest BCUT2D eigenvalue weighted by molar-refractivity contribution is 6.11. The third-order valence-electron chi connectivity index (χ3n) is 5.28. The van der Waals surface area contributed by atoms with Gasteiger partial charge in [0.1, 0.15) is 0 Å². The van der Waals surface area contributed by atoms with Crippen molar-refractivity contribution in [1.29, 1.82) is 5.41 Å². The Morgan fingerprint density at radius 3 is 2.48 bits per heavy atom. The molecule has 1 saturated heterocycles. The molecule has 0 radical (unpaired) electrons. The monoisotopic (exact) mass is 418 g/mol. The summed E-state index contributed by atoms with van der Waals surface area (Å²) in [7, 11) is 0. The lowest BCUT2D eigenvalue weighted by Crippen LogP contribution is -2.30. The van der Waals surface area contributed by atoms with Crippen LogP contribution in [0.25, 0.3) is 16.5 Å². The zero-order valence-electron chi connectivity index (χ0n) is 19.0. The second kappa shape index (κ2) is 11.7. The number of hydrogen-bond acceptors (Lipinski definition) is 3. The molecule has 0 bridgehead atoms. The largest absolute Gasteiger partial charge is 0.404 e. The number of carbonyl (C=O) groups is 1. The standard InChI is InChI=1S/C22H22N4O.2C2H6/c23-12-17(13-24)16-8-9-18-19(14-25-20(18)11-16)22(27)26-10-4-7-21(26)15-5-2-1-3-6-15;2*1-2/h1-3,5-6,8-9,11-14,21,23,25H,4,7,10,24H2;2*1-2H3/b17-13+,23-12?;;. The predicted molar refractivity (Wildman–Crippen MR) is 131 cm³/mol. The van der Waals surface area contributed by atoms with E-state index in [9.17, 15) is 4.79 Å². The van der Waals surface area contributed by atoms with E-state index in [1.807, 2.05) is 69.0 Å². The number of carbonyl (C=O) groups excluding carboxylic acids is 1. The van der Waals surface area contributed by atoms with Gasteiger partial charge in [-0.15, -0.1) is 0 Å². The van der Waals surface area contributed by atoms with E-state index < -0.39 is 0 Å². The lowest BCUT2D eigenvalue weighted by Gasteiger charge is -2.25. The molecule has 1 aliphatic heterocycles. The molecule has 2 aromatic carbocycles. The fourth-order valence-corrected chi connectivity index (χ4v) is 3.90. The molecule has 4 rings (SSSR count). The summed E-state index contributed by atoms with van der Waals surface area (Å²) in [5.74, 6) is 0.0574. The van der Waals surface area contributed by atoms with E-state index in [4.69, 9.17) is 11.1 Å². The number of H-pyrrole nitrogens is 1. The number of nitrogens with one attached hydrogen (secondary N) is 2. The van der Waals surface area contributed by atoms with Crippen molar-refractivity contribution < 1.29 is 4.79 Å². The predicted octanol–water partition coefficient (Wildman–Crippen LogP) is 6.15. The van der Waals surface area contributed by atoms with Crippen LogP contribution in [0.3, 0.4) is 0 Å². The maximum absolute atomic E-state index is 13.3. The minimum Gasteiger partial charge on any atom is -0.404 e. The van der Waals surface area contributed by atoms with Crippen molar-refractivity contribution in [2.75, 3.05) is 6.54 Å². The minimum absolute atomic E-state index is 0.0574. The smallest absolute Gasteiger partial charge is 0.256 e. The van der Waals surface area contributed by atoms with E-state index in [1.54, 1.807) is 6.20 Å². The van der Waals surface area contributed by atoms with E-state index >= 15 is 0 Å². The lowest BCUT2D eigenvalue weighted by molar-refractivity contribution is 0.0737. The van der Waals surface area contributed by atoms with Crippen molar-refractivity contribution in [1.82, 2.24) is 9.88 Å². The third-order valence-corrected chi connectivity index (χ3v) is 5.28. The van der Waals surface area contributed by atoms with Gasteiger partial charge in [0.2, 0.25) is 0 Å². The summed E-state index contributed by atoms with van der Waals surface area (Å²) < 4.78 is 0. The summed E-state index contributed by atoms with van der Waals surface area (Å²) in [5, 5.41) is 8.34. The summed E-state index contributed by atoms with van der Waals surface area (Å²) in [6.45, 7) is 8.77. The van der Waals surface area contributed by atoms with Gasteiger partial charge < -0.3 is 21.0 Å². The van der Waals surface area contributed by atoms with Crippen LogP contribution in [0.4, 0.5) is 0 Å². The lowest BCUT2D eigenvalue weighted by atomic mass is 10.0. The van der Waals surface area contributed by atoms with Gasteiger partial charge in [-0.05, 0) is 30.0 Å². The van der Waals surface area contributed by atoms with Crippen molar-refractivity contribution in [3.05, 3.63) is 77.6 Å². The van der Waals surface area contributed by atoms with Crippen LogP contribution in [0.2, 0.25) is 0 Å². The maximum atomic E-state index is 13.3. The SMILES string of the molecule is CC.CC.N=C/C(=C\N)c1ccc2c(C(=O)N3CCCC3c3ccccc3)c[nH]c2c1. The van der Waals surface area contributed by atoms with Gasteiger partial charge >= 0.3 is 0 Å². The molecule has 1 amide bonds. The topological polar surface area (TPSA) is 86.0 Å². The summed E-state index contributed by atoms with van der Waals surface area (Å²) in [6.07, 6.45) is 6.43. The molecule has 5 heteroatoms. The molecular formula is C26H34N4O. The molecule has 2 heterocycles. The molecule has 0 saturated carbocycles. The second-order valence-corrected chi connectivity index (χ2v) is 6.80. The number of amides is 1.